The van der Waals surface area contributed by atoms with Crippen molar-refractivity contribution in [2.75, 3.05) is 6.61 Å². The maximum atomic E-state index is 11.5. The third-order valence-corrected chi connectivity index (χ3v) is 2.57. The van der Waals surface area contributed by atoms with E-state index in [2.05, 4.69) is 10.3 Å². The molecule has 78 valence electrons. The molecule has 4 nitrogen and oxygen atoms in total. The van der Waals surface area contributed by atoms with Crippen molar-refractivity contribution < 1.29 is 9.90 Å². The van der Waals surface area contributed by atoms with Crippen LogP contribution in [-0.4, -0.2) is 28.6 Å². The Balaban J connectivity index is 2.56. The number of amides is 1. The van der Waals surface area contributed by atoms with Gasteiger partial charge < -0.3 is 10.4 Å². The summed E-state index contributed by atoms with van der Waals surface area (Å²) in [5, 5.41) is 13.4. The molecule has 1 heterocycles. The van der Waals surface area contributed by atoms with E-state index in [1.165, 1.54) is 11.3 Å². The van der Waals surface area contributed by atoms with E-state index in [1.807, 2.05) is 13.8 Å². The van der Waals surface area contributed by atoms with E-state index in [0.29, 0.717) is 5.69 Å². The number of rotatable bonds is 4. The third-order valence-electron chi connectivity index (χ3n) is 1.98. The van der Waals surface area contributed by atoms with Crippen molar-refractivity contribution in [1.29, 1.82) is 0 Å². The molecule has 0 aliphatic heterocycles. The number of hydrogen-bond donors (Lipinski definition) is 2. The van der Waals surface area contributed by atoms with Crippen LogP contribution in [0.1, 0.15) is 24.3 Å². The molecular formula is C9H14N2O2S. The molecule has 2 N–H and O–H groups in total. The van der Waals surface area contributed by atoms with Gasteiger partial charge in [-0.25, -0.2) is 4.98 Å². The number of aromatic nitrogens is 1. The predicted octanol–water partition coefficient (Wildman–Crippen LogP) is 0.890. The highest BCUT2D eigenvalue weighted by Crippen LogP contribution is 2.04. The molecule has 0 aromatic carbocycles. The maximum absolute atomic E-state index is 11.5. The fraction of sp³-hybridized carbons (Fsp3) is 0.556. The normalized spacial score (nSPS) is 12.9. The first kappa shape index (κ1) is 11.1. The van der Waals surface area contributed by atoms with Crippen molar-refractivity contribution in [2.24, 2.45) is 5.92 Å². The Bertz CT molecular complexity index is 285. The van der Waals surface area contributed by atoms with Gasteiger partial charge in [0, 0.05) is 5.38 Å². The lowest BCUT2D eigenvalue weighted by Gasteiger charge is -2.18. The summed E-state index contributed by atoms with van der Waals surface area (Å²) in [4.78, 5) is 15.4. The quantitative estimate of drug-likeness (QED) is 0.782. The topological polar surface area (TPSA) is 62.2 Å². The Morgan fingerprint density at radius 3 is 2.86 bits per heavy atom. The number of aliphatic hydroxyl groups excluding tert-OH is 1. The van der Waals surface area contributed by atoms with E-state index in [4.69, 9.17) is 5.11 Å². The first-order valence-electron chi connectivity index (χ1n) is 4.45. The van der Waals surface area contributed by atoms with Crippen LogP contribution < -0.4 is 5.32 Å². The number of thiazole rings is 1. The minimum Gasteiger partial charge on any atom is -0.394 e. The van der Waals surface area contributed by atoms with E-state index in [9.17, 15) is 4.79 Å². The summed E-state index contributed by atoms with van der Waals surface area (Å²) in [5.41, 5.74) is 2.02. The van der Waals surface area contributed by atoms with Gasteiger partial charge in [0.1, 0.15) is 5.69 Å². The Kier molecular flexibility index (Phi) is 4.03. The summed E-state index contributed by atoms with van der Waals surface area (Å²) >= 11 is 1.38. The van der Waals surface area contributed by atoms with Crippen LogP contribution in [0.5, 0.6) is 0 Å². The standard InChI is InChI=1S/C9H14N2O2S/c1-6(2)7(3-12)11-9(13)8-4-14-5-10-8/h4-7,12H,3H2,1-2H3,(H,11,13). The second-order valence-corrected chi connectivity index (χ2v) is 4.10. The average Bonchev–Trinajstić information content (AvgIpc) is 2.65. The van der Waals surface area contributed by atoms with Gasteiger partial charge in [-0.3, -0.25) is 4.79 Å². The van der Waals surface area contributed by atoms with Crippen LogP contribution in [0.15, 0.2) is 10.9 Å². The van der Waals surface area contributed by atoms with Gasteiger partial charge in [0.2, 0.25) is 0 Å². The summed E-state index contributed by atoms with van der Waals surface area (Å²) in [7, 11) is 0. The van der Waals surface area contributed by atoms with Gasteiger partial charge >= 0.3 is 0 Å². The molecule has 0 saturated heterocycles. The molecule has 14 heavy (non-hydrogen) atoms. The summed E-state index contributed by atoms with van der Waals surface area (Å²) in [6.07, 6.45) is 0. The number of carbonyl (C=O) groups excluding carboxylic acids is 1. The zero-order valence-electron chi connectivity index (χ0n) is 8.23. The minimum absolute atomic E-state index is 0.0481. The van der Waals surface area contributed by atoms with Gasteiger partial charge in [-0.1, -0.05) is 13.8 Å². The van der Waals surface area contributed by atoms with E-state index in [0.717, 1.165) is 0 Å². The molecular weight excluding hydrogens is 200 g/mol. The summed E-state index contributed by atoms with van der Waals surface area (Å²) in [6, 6.07) is -0.204. The van der Waals surface area contributed by atoms with Crippen molar-refractivity contribution in [2.45, 2.75) is 19.9 Å². The Morgan fingerprint density at radius 2 is 2.43 bits per heavy atom. The Labute approximate surface area is 87.0 Å². The van der Waals surface area contributed by atoms with Crippen molar-refractivity contribution in [1.82, 2.24) is 10.3 Å². The Morgan fingerprint density at radius 1 is 1.71 bits per heavy atom. The fourth-order valence-electron chi connectivity index (χ4n) is 0.990. The van der Waals surface area contributed by atoms with Crippen molar-refractivity contribution >= 4 is 17.2 Å². The van der Waals surface area contributed by atoms with E-state index in [1.54, 1.807) is 10.9 Å². The molecule has 1 rings (SSSR count). The van der Waals surface area contributed by atoms with Gasteiger partial charge in [0.25, 0.3) is 5.91 Å². The highest BCUT2D eigenvalue weighted by Gasteiger charge is 2.16. The minimum atomic E-state index is -0.223. The molecule has 0 aliphatic rings. The van der Waals surface area contributed by atoms with Gasteiger partial charge in [-0.2, -0.15) is 0 Å². The van der Waals surface area contributed by atoms with Gasteiger partial charge in [-0.05, 0) is 5.92 Å². The molecule has 1 unspecified atom stereocenters. The molecule has 0 aliphatic carbocycles. The zero-order valence-corrected chi connectivity index (χ0v) is 9.04. The van der Waals surface area contributed by atoms with E-state index < -0.39 is 0 Å². The molecule has 0 saturated carbocycles. The first-order chi connectivity index (χ1) is 6.65. The summed E-state index contributed by atoms with van der Waals surface area (Å²) in [6.45, 7) is 3.85. The fourth-order valence-corrected chi connectivity index (χ4v) is 1.52. The molecule has 0 fully saturated rings. The van der Waals surface area contributed by atoms with Crippen LogP contribution in [0.4, 0.5) is 0 Å². The number of hydrogen-bond acceptors (Lipinski definition) is 4. The van der Waals surface area contributed by atoms with Crippen LogP contribution in [-0.2, 0) is 0 Å². The molecule has 1 aromatic rings. The Hall–Kier alpha value is -0.940. The molecule has 1 amide bonds. The average molecular weight is 214 g/mol. The summed E-state index contributed by atoms with van der Waals surface area (Å²) in [5.74, 6) is -0.0124. The van der Waals surface area contributed by atoms with Gasteiger partial charge in [0.15, 0.2) is 0 Å². The van der Waals surface area contributed by atoms with Crippen LogP contribution in [0.2, 0.25) is 0 Å². The van der Waals surface area contributed by atoms with Crippen LogP contribution in [0.25, 0.3) is 0 Å². The first-order valence-corrected chi connectivity index (χ1v) is 5.39. The second-order valence-electron chi connectivity index (χ2n) is 3.38. The molecule has 0 radical (unpaired) electrons. The van der Waals surface area contributed by atoms with E-state index >= 15 is 0 Å². The molecule has 0 bridgehead atoms. The number of carbonyl (C=O) groups is 1. The van der Waals surface area contributed by atoms with Gasteiger partial charge in [-0.15, -0.1) is 11.3 Å². The molecule has 1 atom stereocenters. The second kappa shape index (κ2) is 5.07. The number of nitrogens with one attached hydrogen (secondary N) is 1. The van der Waals surface area contributed by atoms with Crippen LogP contribution >= 0.6 is 11.3 Å². The largest absolute Gasteiger partial charge is 0.394 e. The lowest BCUT2D eigenvalue weighted by atomic mass is 10.1. The van der Waals surface area contributed by atoms with Crippen molar-refractivity contribution in [3.63, 3.8) is 0 Å². The third kappa shape index (κ3) is 2.78. The smallest absolute Gasteiger partial charge is 0.271 e. The van der Waals surface area contributed by atoms with Gasteiger partial charge in [0.05, 0.1) is 18.2 Å². The lowest BCUT2D eigenvalue weighted by molar-refractivity contribution is 0.0892. The number of aliphatic hydroxyl groups is 1. The highest BCUT2D eigenvalue weighted by atomic mass is 32.1. The lowest BCUT2D eigenvalue weighted by Crippen LogP contribution is -2.41. The molecule has 5 heteroatoms. The SMILES string of the molecule is CC(C)C(CO)NC(=O)c1cscn1. The van der Waals surface area contributed by atoms with E-state index in [-0.39, 0.29) is 24.5 Å². The monoisotopic (exact) mass is 214 g/mol. The summed E-state index contributed by atoms with van der Waals surface area (Å²) < 4.78 is 0. The molecule has 1 aromatic heterocycles. The van der Waals surface area contributed by atoms with Crippen molar-refractivity contribution in [3.05, 3.63) is 16.6 Å². The highest BCUT2D eigenvalue weighted by molar-refractivity contribution is 7.07. The predicted molar refractivity (Wildman–Crippen MR) is 55.3 cm³/mol. The van der Waals surface area contributed by atoms with Crippen molar-refractivity contribution in [3.8, 4) is 0 Å². The van der Waals surface area contributed by atoms with Crippen LogP contribution in [0, 0.1) is 5.92 Å². The maximum Gasteiger partial charge on any atom is 0.271 e. The zero-order chi connectivity index (χ0) is 10.6. The number of nitrogens with zero attached hydrogens (tertiary/aromatic N) is 1. The molecule has 0 spiro atoms. The van der Waals surface area contributed by atoms with Crippen LogP contribution in [0.3, 0.4) is 0 Å².